The van der Waals surface area contributed by atoms with Crippen molar-refractivity contribution < 1.29 is 23.9 Å². The number of carbonyl (C=O) groups is 3. The van der Waals surface area contributed by atoms with Gasteiger partial charge in [0.05, 0.1) is 14.2 Å². The van der Waals surface area contributed by atoms with Gasteiger partial charge in [-0.1, -0.05) is 30.3 Å². The Morgan fingerprint density at radius 1 is 0.893 bits per heavy atom. The van der Waals surface area contributed by atoms with Crippen LogP contribution in [0.25, 0.3) is 6.08 Å². The number of nitrogens with one attached hydrogen (secondary N) is 3. The second-order valence-electron chi connectivity index (χ2n) is 5.66. The first-order valence-electron chi connectivity index (χ1n) is 8.31. The van der Waals surface area contributed by atoms with E-state index < -0.39 is 17.7 Å². The average molecular weight is 383 g/mol. The van der Waals surface area contributed by atoms with Crippen LogP contribution < -0.4 is 25.6 Å². The van der Waals surface area contributed by atoms with Crippen molar-refractivity contribution in [3.8, 4) is 11.5 Å². The summed E-state index contributed by atoms with van der Waals surface area (Å²) in [6, 6.07) is 13.6. The van der Waals surface area contributed by atoms with Crippen molar-refractivity contribution in [1.82, 2.24) is 16.2 Å². The van der Waals surface area contributed by atoms with Gasteiger partial charge in [0.1, 0.15) is 17.2 Å². The molecule has 0 aliphatic carbocycles. The van der Waals surface area contributed by atoms with Gasteiger partial charge in [-0.2, -0.15) is 0 Å². The molecule has 0 saturated heterocycles. The number of benzene rings is 2. The number of hydrogen-bond donors (Lipinski definition) is 3. The Balaban J connectivity index is 2.12. The van der Waals surface area contributed by atoms with Crippen LogP contribution in [0.3, 0.4) is 0 Å². The molecule has 3 amide bonds. The first-order valence-corrected chi connectivity index (χ1v) is 8.31. The monoisotopic (exact) mass is 383 g/mol. The summed E-state index contributed by atoms with van der Waals surface area (Å²) in [6.07, 6.45) is 1.50. The molecule has 0 saturated carbocycles. The molecule has 2 aromatic carbocycles. The summed E-state index contributed by atoms with van der Waals surface area (Å²) in [5.74, 6) is -0.812. The van der Waals surface area contributed by atoms with Crippen LogP contribution in [0.15, 0.2) is 54.2 Å². The third-order valence-electron chi connectivity index (χ3n) is 3.57. The van der Waals surface area contributed by atoms with Crippen molar-refractivity contribution in [1.29, 1.82) is 0 Å². The summed E-state index contributed by atoms with van der Waals surface area (Å²) >= 11 is 0. The van der Waals surface area contributed by atoms with E-state index in [0.717, 1.165) is 0 Å². The Hall–Kier alpha value is -3.81. The molecule has 0 heterocycles. The van der Waals surface area contributed by atoms with E-state index in [1.54, 1.807) is 30.3 Å². The maximum Gasteiger partial charge on any atom is 0.286 e. The van der Waals surface area contributed by atoms with Gasteiger partial charge in [-0.15, -0.1) is 0 Å². The number of ether oxygens (including phenoxy) is 2. The second-order valence-corrected chi connectivity index (χ2v) is 5.66. The summed E-state index contributed by atoms with van der Waals surface area (Å²) < 4.78 is 10.2. The minimum atomic E-state index is -0.678. The molecule has 0 spiro atoms. The molecule has 0 atom stereocenters. The normalized spacial score (nSPS) is 10.6. The van der Waals surface area contributed by atoms with E-state index in [2.05, 4.69) is 16.2 Å². The lowest BCUT2D eigenvalue weighted by Crippen LogP contribution is -2.45. The van der Waals surface area contributed by atoms with E-state index >= 15 is 0 Å². The van der Waals surface area contributed by atoms with Gasteiger partial charge in [0.25, 0.3) is 11.8 Å². The Labute approximate surface area is 162 Å². The molecule has 0 aromatic heterocycles. The predicted molar refractivity (Wildman–Crippen MR) is 103 cm³/mol. The molecule has 0 unspecified atom stereocenters. The molecule has 2 aromatic rings. The maximum atomic E-state index is 12.4. The minimum absolute atomic E-state index is 0.0118. The van der Waals surface area contributed by atoms with E-state index in [1.807, 2.05) is 6.07 Å². The number of hydrogen-bond acceptors (Lipinski definition) is 5. The molecular weight excluding hydrogens is 362 g/mol. The van der Waals surface area contributed by atoms with Crippen molar-refractivity contribution in [3.05, 3.63) is 65.4 Å². The molecule has 0 aliphatic heterocycles. The third kappa shape index (κ3) is 5.87. The molecule has 2 rings (SSSR count). The summed E-state index contributed by atoms with van der Waals surface area (Å²) in [7, 11) is 2.93. The van der Waals surface area contributed by atoms with Gasteiger partial charge >= 0.3 is 0 Å². The Bertz CT molecular complexity index is 872. The molecule has 8 nitrogen and oxygen atoms in total. The molecule has 8 heteroatoms. The van der Waals surface area contributed by atoms with Gasteiger partial charge in [0.15, 0.2) is 0 Å². The van der Waals surface area contributed by atoms with Gasteiger partial charge in [-0.05, 0) is 23.8 Å². The van der Waals surface area contributed by atoms with Crippen LogP contribution >= 0.6 is 0 Å². The van der Waals surface area contributed by atoms with Crippen LogP contribution in [0.2, 0.25) is 0 Å². The van der Waals surface area contributed by atoms with Crippen LogP contribution in [0.4, 0.5) is 0 Å². The largest absolute Gasteiger partial charge is 0.497 e. The number of hydrazine groups is 1. The first kappa shape index (κ1) is 20.5. The number of amides is 3. The molecule has 0 radical (unpaired) electrons. The maximum absolute atomic E-state index is 12.4. The highest BCUT2D eigenvalue weighted by Gasteiger charge is 2.14. The summed E-state index contributed by atoms with van der Waals surface area (Å²) in [5, 5.41) is 2.45. The Morgan fingerprint density at radius 2 is 1.50 bits per heavy atom. The number of methoxy groups -OCH3 is 2. The fraction of sp³-hybridized carbons (Fsp3) is 0.150. The molecule has 0 aliphatic rings. The van der Waals surface area contributed by atoms with Crippen LogP contribution in [0, 0.1) is 0 Å². The van der Waals surface area contributed by atoms with E-state index in [4.69, 9.17) is 9.47 Å². The van der Waals surface area contributed by atoms with E-state index in [9.17, 15) is 14.4 Å². The number of rotatable bonds is 6. The quantitative estimate of drug-likeness (QED) is 0.519. The van der Waals surface area contributed by atoms with Gasteiger partial charge in [0.2, 0.25) is 5.91 Å². The number of carbonyl (C=O) groups excluding carboxylic acids is 3. The zero-order valence-electron chi connectivity index (χ0n) is 15.7. The molecular formula is C20H21N3O5. The highest BCUT2D eigenvalue weighted by Crippen LogP contribution is 2.22. The zero-order chi connectivity index (χ0) is 20.5. The van der Waals surface area contributed by atoms with Crippen molar-refractivity contribution in [3.63, 3.8) is 0 Å². The fourth-order valence-corrected chi connectivity index (χ4v) is 2.26. The highest BCUT2D eigenvalue weighted by atomic mass is 16.5. The van der Waals surface area contributed by atoms with Crippen molar-refractivity contribution in [2.45, 2.75) is 6.92 Å². The van der Waals surface area contributed by atoms with E-state index in [1.165, 1.54) is 39.4 Å². The van der Waals surface area contributed by atoms with Crippen LogP contribution in [-0.4, -0.2) is 31.9 Å². The minimum Gasteiger partial charge on any atom is -0.497 e. The van der Waals surface area contributed by atoms with Crippen LogP contribution in [-0.2, 0) is 9.59 Å². The van der Waals surface area contributed by atoms with Crippen LogP contribution in [0.1, 0.15) is 22.8 Å². The lowest BCUT2D eigenvalue weighted by molar-refractivity contribution is -0.122. The molecule has 0 bridgehead atoms. The van der Waals surface area contributed by atoms with Crippen molar-refractivity contribution in [2.75, 3.05) is 14.2 Å². The van der Waals surface area contributed by atoms with Gasteiger partial charge in [0, 0.05) is 18.6 Å². The molecule has 146 valence electrons. The van der Waals surface area contributed by atoms with Gasteiger partial charge < -0.3 is 14.8 Å². The fourth-order valence-electron chi connectivity index (χ4n) is 2.26. The first-order chi connectivity index (χ1) is 13.4. The average Bonchev–Trinajstić information content (AvgIpc) is 2.71. The molecule has 28 heavy (non-hydrogen) atoms. The van der Waals surface area contributed by atoms with Gasteiger partial charge in [-0.3, -0.25) is 25.2 Å². The lowest BCUT2D eigenvalue weighted by atomic mass is 10.2. The topological polar surface area (TPSA) is 106 Å². The van der Waals surface area contributed by atoms with E-state index in [-0.39, 0.29) is 11.3 Å². The summed E-state index contributed by atoms with van der Waals surface area (Å²) in [4.78, 5) is 36.2. The Kier molecular flexibility index (Phi) is 7.15. The highest BCUT2D eigenvalue weighted by molar-refractivity contribution is 6.03. The van der Waals surface area contributed by atoms with Crippen LogP contribution in [0.5, 0.6) is 11.5 Å². The molecule has 3 N–H and O–H groups in total. The third-order valence-corrected chi connectivity index (χ3v) is 3.57. The predicted octanol–water partition coefficient (Wildman–Crippen LogP) is 1.64. The SMILES string of the molecule is COc1cc(OC)cc(C(=O)NNC(=O)/C(=C/c2ccccc2)NC(C)=O)c1. The smallest absolute Gasteiger partial charge is 0.286 e. The standard InChI is InChI=1S/C20H21N3O5/c1-13(24)21-18(9-14-7-5-4-6-8-14)20(26)23-22-19(25)15-10-16(27-2)12-17(11-15)28-3/h4-12H,1-3H3,(H,21,24)(H,22,25)(H,23,26)/b18-9-. The van der Waals surface area contributed by atoms with Crippen molar-refractivity contribution >= 4 is 23.8 Å². The summed E-state index contributed by atoms with van der Waals surface area (Å²) in [6.45, 7) is 1.28. The lowest BCUT2D eigenvalue weighted by Gasteiger charge is -2.12. The van der Waals surface area contributed by atoms with Crippen molar-refractivity contribution in [2.24, 2.45) is 0 Å². The van der Waals surface area contributed by atoms with Gasteiger partial charge in [-0.25, -0.2) is 0 Å². The second kappa shape index (κ2) is 9.77. The van der Waals surface area contributed by atoms with E-state index in [0.29, 0.717) is 17.1 Å². The molecule has 0 fully saturated rings. The zero-order valence-corrected chi connectivity index (χ0v) is 15.7. The summed E-state index contributed by atoms with van der Waals surface area (Å²) in [5.41, 5.74) is 5.51. The Morgan fingerprint density at radius 3 is 2.04 bits per heavy atom.